The molecule has 0 bridgehead atoms. The van der Waals surface area contributed by atoms with Gasteiger partial charge in [-0.2, -0.15) is 0 Å². The van der Waals surface area contributed by atoms with Crippen molar-refractivity contribution in [3.05, 3.63) is 21.5 Å². The van der Waals surface area contributed by atoms with Crippen molar-refractivity contribution < 1.29 is 0 Å². The summed E-state index contributed by atoms with van der Waals surface area (Å²) in [5.41, 5.74) is 0. The van der Waals surface area contributed by atoms with Crippen LogP contribution in [-0.2, 0) is 0 Å². The molecule has 0 aliphatic carbocycles. The Bertz CT molecular complexity index is 290. The van der Waals surface area contributed by atoms with Crippen LogP contribution in [0.5, 0.6) is 0 Å². The van der Waals surface area contributed by atoms with Crippen LogP contribution in [0.15, 0.2) is 17.1 Å². The molecule has 5 heteroatoms. The van der Waals surface area contributed by atoms with Gasteiger partial charge in [0.1, 0.15) is 0 Å². The van der Waals surface area contributed by atoms with Gasteiger partial charge >= 0.3 is 90.1 Å². The summed E-state index contributed by atoms with van der Waals surface area (Å²) in [5.74, 6) is 0. The first-order valence-electron chi connectivity index (χ1n) is 3.01. The maximum atomic E-state index is 8.56. The van der Waals surface area contributed by atoms with Crippen molar-refractivity contribution in [1.29, 1.82) is 10.5 Å². The van der Waals surface area contributed by atoms with E-state index in [0.717, 1.165) is 0 Å². The molecule has 0 radical (unpaired) electrons. The average Bonchev–Trinajstić information content (AvgIpc) is 2.56. The van der Waals surface area contributed by atoms with Gasteiger partial charge in [-0.1, -0.05) is 0 Å². The maximum absolute atomic E-state index is 8.56. The molecule has 0 atom stereocenters. The standard InChI is InChI=1S/C7H4N2Se3/c8-4-11-7(12-5-9)6-2-1-3-10-6/h1-3,7H. The Morgan fingerprint density at radius 3 is 2.42 bits per heavy atom. The number of rotatable bonds is 3. The van der Waals surface area contributed by atoms with E-state index in [1.54, 1.807) is 0 Å². The Hall–Kier alpha value is 0.0184. The fourth-order valence-electron chi connectivity index (χ4n) is 0.661. The van der Waals surface area contributed by atoms with E-state index in [1.807, 2.05) is 6.07 Å². The second-order valence-corrected chi connectivity index (χ2v) is 9.07. The van der Waals surface area contributed by atoms with Crippen molar-refractivity contribution in [2.24, 2.45) is 0 Å². The van der Waals surface area contributed by atoms with Crippen LogP contribution in [0.2, 0.25) is 0 Å². The zero-order valence-corrected chi connectivity index (χ0v) is 11.1. The Morgan fingerprint density at radius 1 is 1.33 bits per heavy atom. The molecule has 0 spiro atoms. The van der Waals surface area contributed by atoms with Crippen molar-refractivity contribution in [1.82, 2.24) is 0 Å². The fraction of sp³-hybridized carbons (Fsp3) is 0.143. The van der Waals surface area contributed by atoms with E-state index in [9.17, 15) is 0 Å². The van der Waals surface area contributed by atoms with E-state index in [-0.39, 0.29) is 29.9 Å². The molecule has 0 saturated carbocycles. The number of hydrogen-bond donors (Lipinski definition) is 0. The van der Waals surface area contributed by atoms with Crippen LogP contribution in [0.4, 0.5) is 0 Å². The van der Waals surface area contributed by atoms with E-state index >= 15 is 0 Å². The first-order chi connectivity index (χ1) is 5.88. The molecular formula is C7H4N2Se3. The number of nitriles is 2. The van der Waals surface area contributed by atoms with Crippen molar-refractivity contribution in [3.63, 3.8) is 0 Å². The molecular weight excluding hydrogens is 349 g/mol. The van der Waals surface area contributed by atoms with Gasteiger partial charge < -0.3 is 0 Å². The van der Waals surface area contributed by atoms with Crippen LogP contribution in [0, 0.1) is 20.5 Å². The van der Waals surface area contributed by atoms with E-state index in [4.69, 9.17) is 10.5 Å². The van der Waals surface area contributed by atoms with Crippen LogP contribution >= 0.6 is 0 Å². The van der Waals surface area contributed by atoms with E-state index in [0.29, 0.717) is 18.2 Å². The number of hydrogen-bond acceptors (Lipinski definition) is 2. The molecule has 0 aromatic carbocycles. The molecule has 1 heterocycles. The van der Waals surface area contributed by atoms with Crippen molar-refractivity contribution in [2.75, 3.05) is 0 Å². The second-order valence-electron chi connectivity index (χ2n) is 1.77. The van der Waals surface area contributed by atoms with Gasteiger partial charge in [-0.3, -0.25) is 0 Å². The van der Waals surface area contributed by atoms with Gasteiger partial charge in [-0.15, -0.1) is 0 Å². The molecule has 0 unspecified atom stereocenters. The number of nitrogens with zero attached hydrogens (tertiary/aromatic N) is 2. The molecule has 2 nitrogen and oxygen atoms in total. The summed E-state index contributed by atoms with van der Waals surface area (Å²) in [4.78, 5) is 6.53. The van der Waals surface area contributed by atoms with E-state index in [1.165, 1.54) is 4.44 Å². The average molecular weight is 353 g/mol. The minimum atomic E-state index is -0.0324. The van der Waals surface area contributed by atoms with E-state index in [2.05, 4.69) is 20.9 Å². The van der Waals surface area contributed by atoms with Crippen molar-refractivity contribution in [3.8, 4) is 9.94 Å². The predicted octanol–water partition coefficient (Wildman–Crippen LogP) is 0.113. The van der Waals surface area contributed by atoms with Crippen LogP contribution in [-0.4, -0.2) is 44.4 Å². The molecule has 1 rings (SSSR count). The topological polar surface area (TPSA) is 47.6 Å². The molecule has 0 aliphatic rings. The zero-order chi connectivity index (χ0) is 8.81. The third-order valence-corrected chi connectivity index (χ3v) is 9.08. The summed E-state index contributed by atoms with van der Waals surface area (Å²) >= 11 is 0.354. The molecule has 0 aliphatic heterocycles. The molecule has 0 N–H and O–H groups in total. The monoisotopic (exact) mass is 356 g/mol. The SMILES string of the molecule is N#C[Se]C([Se]C#N)c1ccc[se]1. The fourth-order valence-corrected chi connectivity index (χ4v) is 6.93. The van der Waals surface area contributed by atoms with Crippen molar-refractivity contribution in [2.45, 2.75) is 3.71 Å². The van der Waals surface area contributed by atoms with Crippen LogP contribution in [0.1, 0.15) is 8.15 Å². The Kier molecular flexibility index (Phi) is 4.74. The summed E-state index contributed by atoms with van der Waals surface area (Å²) in [6.45, 7) is 0. The normalized spacial score (nSPS) is 9.25. The van der Waals surface area contributed by atoms with Gasteiger partial charge in [0.2, 0.25) is 0 Å². The third kappa shape index (κ3) is 2.81. The quantitative estimate of drug-likeness (QED) is 0.725. The van der Waals surface area contributed by atoms with Gasteiger partial charge in [0, 0.05) is 0 Å². The molecule has 0 fully saturated rings. The van der Waals surface area contributed by atoms with Gasteiger partial charge in [0.15, 0.2) is 0 Å². The molecule has 0 amide bonds. The molecule has 0 saturated heterocycles. The van der Waals surface area contributed by atoms with Crippen LogP contribution in [0.3, 0.4) is 0 Å². The van der Waals surface area contributed by atoms with Crippen LogP contribution < -0.4 is 0 Å². The minimum absolute atomic E-state index is 0.0324. The predicted molar refractivity (Wildman–Crippen MR) is 48.9 cm³/mol. The molecule has 1 aromatic heterocycles. The summed E-state index contributed by atoms with van der Waals surface area (Å²) < 4.78 is 1.64. The summed E-state index contributed by atoms with van der Waals surface area (Å²) in [5, 5.41) is 17.1. The third-order valence-electron chi connectivity index (χ3n) is 1.09. The summed E-state index contributed by atoms with van der Waals surface area (Å²) in [6.07, 6.45) is 0. The van der Waals surface area contributed by atoms with Gasteiger partial charge in [0.25, 0.3) is 0 Å². The summed E-state index contributed by atoms with van der Waals surface area (Å²) in [7, 11) is 0. The van der Waals surface area contributed by atoms with Gasteiger partial charge in [-0.25, -0.2) is 0 Å². The molecule has 60 valence electrons. The zero-order valence-electron chi connectivity index (χ0n) is 5.93. The van der Waals surface area contributed by atoms with Gasteiger partial charge in [0.05, 0.1) is 0 Å². The first-order valence-corrected chi connectivity index (χ1v) is 8.55. The Balaban J connectivity index is 2.69. The van der Waals surface area contributed by atoms with Crippen molar-refractivity contribution >= 4 is 44.4 Å². The Labute approximate surface area is 89.6 Å². The molecule has 12 heavy (non-hydrogen) atoms. The summed E-state index contributed by atoms with van der Waals surface area (Å²) in [6, 6.07) is 4.10. The van der Waals surface area contributed by atoms with Gasteiger partial charge in [-0.05, 0) is 0 Å². The molecule has 1 aromatic rings. The van der Waals surface area contributed by atoms with Crippen LogP contribution in [0.25, 0.3) is 0 Å². The Morgan fingerprint density at radius 2 is 2.00 bits per heavy atom. The van der Waals surface area contributed by atoms with E-state index < -0.39 is 0 Å². The first kappa shape index (κ1) is 10.1. The second kappa shape index (κ2) is 5.63.